The van der Waals surface area contributed by atoms with E-state index in [0.29, 0.717) is 6.54 Å². The largest absolute Gasteiger partial charge is 0.400 e. The number of aliphatic hydroxyl groups is 1. The van der Waals surface area contributed by atoms with Crippen molar-refractivity contribution in [2.24, 2.45) is 5.73 Å². The molecule has 29 heavy (non-hydrogen) atoms. The predicted octanol–water partition coefficient (Wildman–Crippen LogP) is 3.74. The van der Waals surface area contributed by atoms with Crippen molar-refractivity contribution in [1.29, 1.82) is 0 Å². The number of aromatic amines is 2. The number of halogens is 1. The summed E-state index contributed by atoms with van der Waals surface area (Å²) >= 11 is 0. The van der Waals surface area contributed by atoms with Crippen LogP contribution in [-0.4, -0.2) is 38.9 Å². The van der Waals surface area contributed by atoms with Gasteiger partial charge in [0.1, 0.15) is 11.5 Å². The Balaban J connectivity index is 0.00000117. The van der Waals surface area contributed by atoms with Crippen LogP contribution in [0.3, 0.4) is 0 Å². The Labute approximate surface area is 169 Å². The fourth-order valence-electron chi connectivity index (χ4n) is 3.48. The first-order valence-electron chi connectivity index (χ1n) is 9.58. The van der Waals surface area contributed by atoms with E-state index in [-0.39, 0.29) is 5.82 Å². The molecule has 7 heteroatoms. The highest BCUT2D eigenvalue weighted by Crippen LogP contribution is 2.31. The lowest BCUT2D eigenvalue weighted by Crippen LogP contribution is -2.03. The Bertz CT molecular complexity index is 1120. The number of hydrogen-bond donors (Lipinski definition) is 4. The van der Waals surface area contributed by atoms with Gasteiger partial charge in [0, 0.05) is 24.6 Å². The van der Waals surface area contributed by atoms with Gasteiger partial charge < -0.3 is 15.8 Å². The highest BCUT2D eigenvalue weighted by molar-refractivity contribution is 5.94. The van der Waals surface area contributed by atoms with E-state index in [9.17, 15) is 4.39 Å². The average Bonchev–Trinajstić information content (AvgIpc) is 3.32. The van der Waals surface area contributed by atoms with Gasteiger partial charge >= 0.3 is 0 Å². The lowest BCUT2D eigenvalue weighted by atomic mass is 9.97. The van der Waals surface area contributed by atoms with Crippen molar-refractivity contribution in [3.8, 4) is 22.6 Å². The first kappa shape index (κ1) is 20.7. The molecule has 2 heterocycles. The van der Waals surface area contributed by atoms with Crippen molar-refractivity contribution in [1.82, 2.24) is 20.2 Å². The van der Waals surface area contributed by atoms with Crippen LogP contribution in [0.5, 0.6) is 0 Å². The normalized spacial score (nSPS) is 10.8. The fraction of sp³-hybridized carbons (Fsp3) is 0.273. The zero-order valence-corrected chi connectivity index (χ0v) is 16.9. The van der Waals surface area contributed by atoms with E-state index in [1.807, 2.05) is 31.2 Å². The molecule has 152 valence electrons. The third kappa shape index (κ3) is 4.06. The smallest absolute Gasteiger partial charge is 0.159 e. The molecule has 0 spiro atoms. The van der Waals surface area contributed by atoms with Gasteiger partial charge in [-0.3, -0.25) is 5.10 Å². The molecule has 2 aromatic carbocycles. The standard InChI is InChI=1S/C21H22FN5.CH4O/c1-3-13-4-6-15(22)11-17(13)14-5-7-16-19(10-14)26-27-20(16)21-24-12(2)18(25-21)8-9-23;1-2/h4-7,10-11H,3,8-9,23H2,1-2H3,(H,24,25)(H,26,27);2H,1H3. The van der Waals surface area contributed by atoms with Crippen molar-refractivity contribution in [3.05, 3.63) is 59.2 Å². The number of aryl methyl sites for hydroxylation is 2. The summed E-state index contributed by atoms with van der Waals surface area (Å²) in [6.07, 6.45) is 1.58. The number of nitrogens with one attached hydrogen (secondary N) is 2. The van der Waals surface area contributed by atoms with Crippen LogP contribution in [-0.2, 0) is 12.8 Å². The van der Waals surface area contributed by atoms with Gasteiger partial charge in [0.25, 0.3) is 0 Å². The molecule has 5 N–H and O–H groups in total. The Hall–Kier alpha value is -3.03. The monoisotopic (exact) mass is 395 g/mol. The van der Waals surface area contributed by atoms with Gasteiger partial charge in [-0.2, -0.15) is 5.10 Å². The molecule has 0 unspecified atom stereocenters. The first-order chi connectivity index (χ1) is 14.1. The molecule has 0 saturated heterocycles. The fourth-order valence-corrected chi connectivity index (χ4v) is 3.48. The summed E-state index contributed by atoms with van der Waals surface area (Å²) in [5.41, 5.74) is 12.3. The van der Waals surface area contributed by atoms with E-state index >= 15 is 0 Å². The molecular formula is C22H26FN5O. The molecule has 0 bridgehead atoms. The van der Waals surface area contributed by atoms with Crippen molar-refractivity contribution >= 4 is 10.9 Å². The summed E-state index contributed by atoms with van der Waals surface area (Å²) in [4.78, 5) is 7.94. The molecule has 0 saturated carbocycles. The lowest BCUT2D eigenvalue weighted by molar-refractivity contribution is 0.399. The van der Waals surface area contributed by atoms with Gasteiger partial charge in [0.15, 0.2) is 5.82 Å². The summed E-state index contributed by atoms with van der Waals surface area (Å²) < 4.78 is 13.8. The maximum atomic E-state index is 13.8. The van der Waals surface area contributed by atoms with Crippen molar-refractivity contribution in [2.45, 2.75) is 26.7 Å². The molecule has 0 aliphatic heterocycles. The number of nitrogens with zero attached hydrogens (tertiary/aromatic N) is 2. The average molecular weight is 395 g/mol. The second-order valence-electron chi connectivity index (χ2n) is 6.68. The highest BCUT2D eigenvalue weighted by Gasteiger charge is 2.15. The maximum Gasteiger partial charge on any atom is 0.159 e. The second kappa shape index (κ2) is 8.98. The minimum absolute atomic E-state index is 0.230. The molecule has 0 atom stereocenters. The number of H-pyrrole nitrogens is 2. The Morgan fingerprint density at radius 2 is 1.93 bits per heavy atom. The Kier molecular flexibility index (Phi) is 6.41. The Morgan fingerprint density at radius 1 is 1.14 bits per heavy atom. The number of fused-ring (bicyclic) bond motifs is 1. The topological polar surface area (TPSA) is 104 Å². The predicted molar refractivity (Wildman–Crippen MR) is 114 cm³/mol. The number of hydrogen-bond acceptors (Lipinski definition) is 4. The minimum atomic E-state index is -0.230. The summed E-state index contributed by atoms with van der Waals surface area (Å²) in [7, 11) is 1.00. The maximum absolute atomic E-state index is 13.8. The highest BCUT2D eigenvalue weighted by atomic mass is 19.1. The molecule has 0 aliphatic carbocycles. The molecular weight excluding hydrogens is 369 g/mol. The number of nitrogens with two attached hydrogens (primary N) is 1. The van der Waals surface area contributed by atoms with E-state index < -0.39 is 0 Å². The SMILES string of the molecule is CCc1ccc(F)cc1-c1ccc2c(-c3nc(CCN)c(C)[nH]3)n[nH]c2c1.CO. The third-order valence-corrected chi connectivity index (χ3v) is 4.92. The zero-order valence-electron chi connectivity index (χ0n) is 16.9. The summed E-state index contributed by atoms with van der Waals surface area (Å²) in [6, 6.07) is 11.0. The molecule has 0 aliphatic rings. The molecule has 0 radical (unpaired) electrons. The summed E-state index contributed by atoms with van der Waals surface area (Å²) in [5, 5.41) is 15.5. The van der Waals surface area contributed by atoms with Crippen LogP contribution in [0.15, 0.2) is 36.4 Å². The van der Waals surface area contributed by atoms with Gasteiger partial charge in [0.2, 0.25) is 0 Å². The number of rotatable bonds is 5. The summed E-state index contributed by atoms with van der Waals surface area (Å²) in [6.45, 7) is 4.62. The number of aromatic nitrogens is 4. The van der Waals surface area contributed by atoms with Crippen LogP contribution in [0.1, 0.15) is 23.9 Å². The molecule has 2 aromatic heterocycles. The van der Waals surface area contributed by atoms with E-state index in [1.54, 1.807) is 6.07 Å². The van der Waals surface area contributed by atoms with Gasteiger partial charge in [-0.15, -0.1) is 0 Å². The Morgan fingerprint density at radius 3 is 2.66 bits per heavy atom. The number of aliphatic hydroxyl groups excluding tert-OH is 1. The van der Waals surface area contributed by atoms with Crippen LogP contribution < -0.4 is 5.73 Å². The van der Waals surface area contributed by atoms with Crippen LogP contribution in [0.4, 0.5) is 4.39 Å². The molecule has 4 aromatic rings. The number of benzene rings is 2. The van der Waals surface area contributed by atoms with Gasteiger partial charge in [-0.05, 0) is 60.8 Å². The molecule has 4 rings (SSSR count). The van der Waals surface area contributed by atoms with Crippen LogP contribution in [0, 0.1) is 12.7 Å². The summed E-state index contributed by atoms with van der Waals surface area (Å²) in [5.74, 6) is 0.501. The molecule has 0 fully saturated rings. The number of imidazole rings is 1. The van der Waals surface area contributed by atoms with Gasteiger partial charge in [-0.1, -0.05) is 19.1 Å². The van der Waals surface area contributed by atoms with E-state index in [2.05, 4.69) is 27.1 Å². The first-order valence-corrected chi connectivity index (χ1v) is 9.58. The van der Waals surface area contributed by atoms with Crippen LogP contribution >= 0.6 is 0 Å². The van der Waals surface area contributed by atoms with Crippen molar-refractivity contribution < 1.29 is 9.50 Å². The lowest BCUT2D eigenvalue weighted by Gasteiger charge is -2.08. The third-order valence-electron chi connectivity index (χ3n) is 4.92. The van der Waals surface area contributed by atoms with Gasteiger partial charge in [0.05, 0.1) is 11.2 Å². The van der Waals surface area contributed by atoms with E-state index in [1.165, 1.54) is 6.07 Å². The molecule has 6 nitrogen and oxygen atoms in total. The van der Waals surface area contributed by atoms with E-state index in [0.717, 1.165) is 70.5 Å². The quantitative estimate of drug-likeness (QED) is 0.413. The van der Waals surface area contributed by atoms with Crippen molar-refractivity contribution in [2.75, 3.05) is 13.7 Å². The van der Waals surface area contributed by atoms with Crippen molar-refractivity contribution in [3.63, 3.8) is 0 Å². The van der Waals surface area contributed by atoms with Crippen LogP contribution in [0.2, 0.25) is 0 Å². The zero-order chi connectivity index (χ0) is 21.0. The van der Waals surface area contributed by atoms with Gasteiger partial charge in [-0.25, -0.2) is 9.37 Å². The second-order valence-corrected chi connectivity index (χ2v) is 6.68. The minimum Gasteiger partial charge on any atom is -0.400 e. The van der Waals surface area contributed by atoms with Crippen LogP contribution in [0.25, 0.3) is 33.5 Å². The van der Waals surface area contributed by atoms with E-state index in [4.69, 9.17) is 10.8 Å². The molecule has 0 amide bonds.